The SMILES string of the molecule is Cc1nnsc1C(=O)NCC1(c2cccs2)CCCC1. The van der Waals surface area contributed by atoms with E-state index in [2.05, 4.69) is 32.4 Å². The Hall–Kier alpha value is -1.27. The number of rotatable bonds is 4. The molecule has 0 bridgehead atoms. The van der Waals surface area contributed by atoms with E-state index in [0.717, 1.165) is 12.8 Å². The van der Waals surface area contributed by atoms with Crippen LogP contribution in [0.15, 0.2) is 17.5 Å². The van der Waals surface area contributed by atoms with Gasteiger partial charge in [-0.05, 0) is 42.7 Å². The molecule has 0 radical (unpaired) electrons. The molecule has 6 heteroatoms. The van der Waals surface area contributed by atoms with Crippen LogP contribution < -0.4 is 5.32 Å². The van der Waals surface area contributed by atoms with Crippen LogP contribution in [0.1, 0.15) is 45.9 Å². The average Bonchev–Trinajstić information content (AvgIpc) is 3.17. The van der Waals surface area contributed by atoms with Gasteiger partial charge in [0.2, 0.25) is 0 Å². The van der Waals surface area contributed by atoms with E-state index in [0.29, 0.717) is 17.1 Å². The molecule has 1 amide bonds. The fourth-order valence-electron chi connectivity index (χ4n) is 2.91. The van der Waals surface area contributed by atoms with Crippen LogP contribution in [0.25, 0.3) is 0 Å². The standard InChI is InChI=1S/C14H17N3OS2/c1-10-12(20-17-16-10)13(18)15-9-14(6-2-3-7-14)11-5-4-8-19-11/h4-5,8H,2-3,6-7,9H2,1H3,(H,15,18). The van der Waals surface area contributed by atoms with Crippen LogP contribution in [-0.2, 0) is 5.41 Å². The number of hydrogen-bond acceptors (Lipinski definition) is 5. The molecular formula is C14H17N3OS2. The van der Waals surface area contributed by atoms with E-state index >= 15 is 0 Å². The molecule has 0 saturated heterocycles. The summed E-state index contributed by atoms with van der Waals surface area (Å²) in [5.74, 6) is -0.0414. The van der Waals surface area contributed by atoms with Gasteiger partial charge in [-0.15, -0.1) is 16.4 Å². The van der Waals surface area contributed by atoms with Gasteiger partial charge in [-0.25, -0.2) is 0 Å². The molecule has 2 aromatic heterocycles. The van der Waals surface area contributed by atoms with Crippen molar-refractivity contribution >= 4 is 28.8 Å². The number of aromatic nitrogens is 2. The van der Waals surface area contributed by atoms with Crippen LogP contribution >= 0.6 is 22.9 Å². The molecule has 1 saturated carbocycles. The minimum atomic E-state index is -0.0414. The van der Waals surface area contributed by atoms with Gasteiger partial charge in [0.05, 0.1) is 5.69 Å². The first-order valence-corrected chi connectivity index (χ1v) is 8.48. The first kappa shape index (κ1) is 13.7. The largest absolute Gasteiger partial charge is 0.350 e. The summed E-state index contributed by atoms with van der Waals surface area (Å²) in [6, 6.07) is 4.29. The summed E-state index contributed by atoms with van der Waals surface area (Å²) in [5, 5.41) is 9.11. The van der Waals surface area contributed by atoms with Crippen LogP contribution in [-0.4, -0.2) is 22.0 Å². The monoisotopic (exact) mass is 307 g/mol. The van der Waals surface area contributed by atoms with Crippen LogP contribution in [0.2, 0.25) is 0 Å². The Bertz CT molecular complexity index is 585. The van der Waals surface area contributed by atoms with E-state index in [9.17, 15) is 4.79 Å². The number of aryl methyl sites for hydroxylation is 1. The molecule has 0 aromatic carbocycles. The fraction of sp³-hybridized carbons (Fsp3) is 0.500. The third kappa shape index (κ3) is 2.50. The fourth-order valence-corrected chi connectivity index (χ4v) is 4.47. The quantitative estimate of drug-likeness (QED) is 0.944. The van der Waals surface area contributed by atoms with Gasteiger partial charge < -0.3 is 5.32 Å². The molecule has 1 N–H and O–H groups in total. The summed E-state index contributed by atoms with van der Waals surface area (Å²) in [5.41, 5.74) is 0.847. The summed E-state index contributed by atoms with van der Waals surface area (Å²) < 4.78 is 3.82. The van der Waals surface area contributed by atoms with Gasteiger partial charge in [-0.2, -0.15) is 0 Å². The lowest BCUT2D eigenvalue weighted by molar-refractivity contribution is 0.0946. The highest BCUT2D eigenvalue weighted by Crippen LogP contribution is 2.42. The molecular weight excluding hydrogens is 290 g/mol. The van der Waals surface area contributed by atoms with Gasteiger partial charge in [-0.3, -0.25) is 4.79 Å². The van der Waals surface area contributed by atoms with E-state index in [-0.39, 0.29) is 11.3 Å². The summed E-state index contributed by atoms with van der Waals surface area (Å²) in [7, 11) is 0. The Morgan fingerprint density at radius 2 is 2.25 bits per heavy atom. The molecule has 1 fully saturated rings. The van der Waals surface area contributed by atoms with Crippen molar-refractivity contribution in [2.75, 3.05) is 6.54 Å². The summed E-state index contributed by atoms with van der Waals surface area (Å²) in [6.07, 6.45) is 4.81. The number of carbonyl (C=O) groups excluding carboxylic acids is 1. The first-order valence-electron chi connectivity index (χ1n) is 6.82. The number of nitrogens with one attached hydrogen (secondary N) is 1. The van der Waals surface area contributed by atoms with E-state index < -0.39 is 0 Å². The number of amides is 1. The molecule has 0 spiro atoms. The zero-order chi connectivity index (χ0) is 14.0. The highest BCUT2D eigenvalue weighted by molar-refractivity contribution is 7.10. The lowest BCUT2D eigenvalue weighted by Crippen LogP contribution is -2.38. The van der Waals surface area contributed by atoms with Gasteiger partial charge in [-0.1, -0.05) is 23.4 Å². The summed E-state index contributed by atoms with van der Waals surface area (Å²) >= 11 is 2.96. The summed E-state index contributed by atoms with van der Waals surface area (Å²) in [6.45, 7) is 2.53. The van der Waals surface area contributed by atoms with Gasteiger partial charge in [0.15, 0.2) is 0 Å². The Balaban J connectivity index is 1.73. The number of thiophene rings is 1. The summed E-state index contributed by atoms with van der Waals surface area (Å²) in [4.78, 5) is 14.2. The Labute approximate surface area is 126 Å². The molecule has 4 nitrogen and oxygen atoms in total. The first-order chi connectivity index (χ1) is 9.71. The van der Waals surface area contributed by atoms with E-state index in [1.54, 1.807) is 11.3 Å². The van der Waals surface area contributed by atoms with Crippen molar-refractivity contribution in [3.63, 3.8) is 0 Å². The predicted octanol–water partition coefficient (Wildman–Crippen LogP) is 3.15. The molecule has 106 valence electrons. The molecule has 0 unspecified atom stereocenters. The average molecular weight is 307 g/mol. The molecule has 2 aromatic rings. The Kier molecular flexibility index (Phi) is 3.85. The Morgan fingerprint density at radius 1 is 1.45 bits per heavy atom. The zero-order valence-corrected chi connectivity index (χ0v) is 13.0. The van der Waals surface area contributed by atoms with Gasteiger partial charge in [0.25, 0.3) is 5.91 Å². The van der Waals surface area contributed by atoms with Crippen LogP contribution in [0.5, 0.6) is 0 Å². The van der Waals surface area contributed by atoms with Crippen molar-refractivity contribution in [1.82, 2.24) is 14.9 Å². The zero-order valence-electron chi connectivity index (χ0n) is 11.4. The van der Waals surface area contributed by atoms with Crippen LogP contribution in [0.4, 0.5) is 0 Å². The van der Waals surface area contributed by atoms with Crippen molar-refractivity contribution in [2.24, 2.45) is 0 Å². The van der Waals surface area contributed by atoms with Crippen molar-refractivity contribution in [1.29, 1.82) is 0 Å². The third-order valence-corrected chi connectivity index (χ3v) is 5.99. The van der Waals surface area contributed by atoms with Crippen molar-refractivity contribution in [3.8, 4) is 0 Å². The topological polar surface area (TPSA) is 54.9 Å². The molecule has 0 aliphatic heterocycles. The lowest BCUT2D eigenvalue weighted by Gasteiger charge is -2.28. The predicted molar refractivity (Wildman–Crippen MR) is 81.4 cm³/mol. The molecule has 20 heavy (non-hydrogen) atoms. The second kappa shape index (κ2) is 5.61. The van der Waals surface area contributed by atoms with E-state index in [1.165, 1.54) is 29.3 Å². The Morgan fingerprint density at radius 3 is 2.85 bits per heavy atom. The molecule has 3 rings (SSSR count). The van der Waals surface area contributed by atoms with Gasteiger partial charge in [0.1, 0.15) is 4.88 Å². The maximum atomic E-state index is 12.2. The maximum Gasteiger partial charge on any atom is 0.264 e. The minimum Gasteiger partial charge on any atom is -0.350 e. The van der Waals surface area contributed by atoms with Crippen LogP contribution in [0, 0.1) is 6.92 Å². The molecule has 0 atom stereocenters. The lowest BCUT2D eigenvalue weighted by atomic mass is 9.84. The van der Waals surface area contributed by atoms with Gasteiger partial charge >= 0.3 is 0 Å². The number of carbonyl (C=O) groups is 1. The molecule has 1 aliphatic carbocycles. The van der Waals surface area contributed by atoms with Crippen molar-refractivity contribution < 1.29 is 4.79 Å². The molecule has 2 heterocycles. The van der Waals surface area contributed by atoms with E-state index in [1.807, 2.05) is 6.92 Å². The van der Waals surface area contributed by atoms with Gasteiger partial charge in [0, 0.05) is 16.8 Å². The second-order valence-corrected chi connectivity index (χ2v) is 7.04. The van der Waals surface area contributed by atoms with Crippen molar-refractivity contribution in [3.05, 3.63) is 33.0 Å². The minimum absolute atomic E-state index is 0.0414. The number of nitrogens with zero attached hydrogens (tertiary/aromatic N) is 2. The number of hydrogen-bond donors (Lipinski definition) is 1. The second-order valence-electron chi connectivity index (χ2n) is 5.33. The molecule has 1 aliphatic rings. The van der Waals surface area contributed by atoms with E-state index in [4.69, 9.17) is 0 Å². The van der Waals surface area contributed by atoms with Crippen molar-refractivity contribution in [2.45, 2.75) is 38.0 Å². The highest BCUT2D eigenvalue weighted by Gasteiger charge is 2.37. The van der Waals surface area contributed by atoms with Crippen LogP contribution in [0.3, 0.4) is 0 Å². The smallest absolute Gasteiger partial charge is 0.264 e. The maximum absolute atomic E-state index is 12.2. The normalized spacial score (nSPS) is 17.2. The third-order valence-electron chi connectivity index (χ3n) is 4.05. The highest BCUT2D eigenvalue weighted by atomic mass is 32.1.